The number of amides is 2. The van der Waals surface area contributed by atoms with Gasteiger partial charge in [-0.25, -0.2) is 18.2 Å². The van der Waals surface area contributed by atoms with Crippen LogP contribution < -0.4 is 10.6 Å². The molecule has 1 saturated heterocycles. The topological polar surface area (TPSA) is 104 Å². The number of allylic oxidation sites excluding steroid dienone is 2. The molecular formula is C30H37N5O3S. The van der Waals surface area contributed by atoms with Crippen molar-refractivity contribution >= 4 is 38.3 Å². The zero-order valence-corrected chi connectivity index (χ0v) is 23.9. The molecule has 3 aromatic rings. The molecule has 1 aliphatic rings. The van der Waals surface area contributed by atoms with Crippen LogP contribution in [0.2, 0.25) is 0 Å². The molecule has 4 rings (SSSR count). The molecule has 0 saturated carbocycles. The molecule has 9 heteroatoms. The third-order valence-corrected chi connectivity index (χ3v) is 8.30. The lowest BCUT2D eigenvalue weighted by Gasteiger charge is -2.26. The number of rotatable bonds is 7. The SMILES string of the molecule is CN=C(/C=C(\Cc1ccc(CN2CCS(=O)(=O)CC2)cc1)NC(=O)Nc1ccc2ccccc2n1)C(C)(C)C. The van der Waals surface area contributed by atoms with Crippen LogP contribution in [-0.4, -0.2) is 61.7 Å². The van der Waals surface area contributed by atoms with Gasteiger partial charge in [0.05, 0.1) is 17.0 Å². The average molecular weight is 548 g/mol. The Balaban J connectivity index is 1.46. The number of aromatic nitrogens is 1. The Morgan fingerprint density at radius 3 is 2.33 bits per heavy atom. The van der Waals surface area contributed by atoms with Crippen molar-refractivity contribution in [1.29, 1.82) is 0 Å². The molecule has 1 aliphatic heterocycles. The molecule has 1 fully saturated rings. The van der Waals surface area contributed by atoms with Gasteiger partial charge in [0, 0.05) is 55.3 Å². The molecule has 0 aliphatic carbocycles. The Labute approximate surface area is 231 Å². The molecule has 2 aromatic carbocycles. The maximum absolute atomic E-state index is 13.0. The first-order valence-electron chi connectivity index (χ1n) is 13.1. The van der Waals surface area contributed by atoms with Gasteiger partial charge >= 0.3 is 6.03 Å². The number of nitrogens with zero attached hydrogens (tertiary/aromatic N) is 3. The van der Waals surface area contributed by atoms with Crippen LogP contribution in [0.15, 0.2) is 77.4 Å². The highest BCUT2D eigenvalue weighted by molar-refractivity contribution is 7.91. The van der Waals surface area contributed by atoms with E-state index in [4.69, 9.17) is 0 Å². The van der Waals surface area contributed by atoms with Crippen molar-refractivity contribution in [1.82, 2.24) is 15.2 Å². The Morgan fingerprint density at radius 1 is 1.00 bits per heavy atom. The summed E-state index contributed by atoms with van der Waals surface area (Å²) in [6, 6.07) is 19.3. The van der Waals surface area contributed by atoms with Gasteiger partial charge in [-0.05, 0) is 35.4 Å². The number of benzene rings is 2. The number of pyridine rings is 1. The largest absolute Gasteiger partial charge is 0.324 e. The fourth-order valence-corrected chi connectivity index (χ4v) is 5.77. The predicted molar refractivity (Wildman–Crippen MR) is 159 cm³/mol. The number of anilines is 1. The summed E-state index contributed by atoms with van der Waals surface area (Å²) < 4.78 is 23.4. The maximum atomic E-state index is 13.0. The smallest absolute Gasteiger partial charge is 0.311 e. The molecule has 2 heterocycles. The van der Waals surface area contributed by atoms with E-state index in [-0.39, 0.29) is 23.0 Å². The van der Waals surface area contributed by atoms with Gasteiger partial charge in [-0.2, -0.15) is 0 Å². The number of fused-ring (bicyclic) bond motifs is 1. The van der Waals surface area contributed by atoms with Crippen LogP contribution in [0.5, 0.6) is 0 Å². The lowest BCUT2D eigenvalue weighted by atomic mass is 9.88. The Kier molecular flexibility index (Phi) is 8.82. The van der Waals surface area contributed by atoms with E-state index in [1.165, 1.54) is 0 Å². The number of para-hydroxylation sites is 1. The van der Waals surface area contributed by atoms with E-state index in [1.54, 1.807) is 13.1 Å². The summed E-state index contributed by atoms with van der Waals surface area (Å²) in [4.78, 5) is 24.2. The molecule has 39 heavy (non-hydrogen) atoms. The van der Waals surface area contributed by atoms with Crippen LogP contribution in [0.3, 0.4) is 0 Å². The molecule has 0 unspecified atom stereocenters. The Hall–Kier alpha value is -3.56. The van der Waals surface area contributed by atoms with Gasteiger partial charge in [0.25, 0.3) is 0 Å². The maximum Gasteiger partial charge on any atom is 0.324 e. The summed E-state index contributed by atoms with van der Waals surface area (Å²) in [5.74, 6) is 0.911. The van der Waals surface area contributed by atoms with Crippen molar-refractivity contribution in [2.75, 3.05) is 37.0 Å². The van der Waals surface area contributed by atoms with Gasteiger partial charge in [0.2, 0.25) is 0 Å². The fourth-order valence-electron chi connectivity index (χ4n) is 4.49. The van der Waals surface area contributed by atoms with Gasteiger partial charge < -0.3 is 5.32 Å². The molecule has 0 atom stereocenters. The van der Waals surface area contributed by atoms with Gasteiger partial charge in [0.15, 0.2) is 9.84 Å². The van der Waals surface area contributed by atoms with Crippen molar-refractivity contribution in [3.63, 3.8) is 0 Å². The standard InChI is InChI=1S/C30H37N5O3S/c1-30(2,3)27(31-4)20-25(32-29(36)34-28-14-13-24-7-5-6-8-26(24)33-28)19-22-9-11-23(12-10-22)21-35-15-17-39(37,38)18-16-35/h5-14,20H,15-19,21H2,1-4H3,(H2,32,33,34,36)/b25-20+,31-27?. The van der Waals surface area contributed by atoms with E-state index < -0.39 is 9.84 Å². The van der Waals surface area contributed by atoms with Gasteiger partial charge in [-0.3, -0.25) is 15.2 Å². The van der Waals surface area contributed by atoms with Crippen molar-refractivity contribution < 1.29 is 13.2 Å². The highest BCUT2D eigenvalue weighted by Crippen LogP contribution is 2.20. The predicted octanol–water partition coefficient (Wildman–Crippen LogP) is 4.83. The third-order valence-electron chi connectivity index (χ3n) is 6.70. The van der Waals surface area contributed by atoms with E-state index in [0.717, 1.165) is 33.4 Å². The van der Waals surface area contributed by atoms with Crippen LogP contribution >= 0.6 is 0 Å². The number of sulfone groups is 1. The summed E-state index contributed by atoms with van der Waals surface area (Å²) >= 11 is 0. The van der Waals surface area contributed by atoms with Crippen LogP contribution in [0.4, 0.5) is 10.6 Å². The van der Waals surface area contributed by atoms with Crippen LogP contribution in [0.1, 0.15) is 31.9 Å². The number of hydrogen-bond acceptors (Lipinski definition) is 6. The second kappa shape index (κ2) is 12.1. The Morgan fingerprint density at radius 2 is 1.67 bits per heavy atom. The summed E-state index contributed by atoms with van der Waals surface area (Å²) in [7, 11) is -1.13. The first-order chi connectivity index (χ1) is 18.5. The van der Waals surface area contributed by atoms with E-state index in [2.05, 4.69) is 58.4 Å². The minimum atomic E-state index is -2.89. The van der Waals surface area contributed by atoms with Crippen molar-refractivity contribution in [3.05, 3.63) is 83.6 Å². The fraction of sp³-hybridized carbons (Fsp3) is 0.367. The second-order valence-electron chi connectivity index (χ2n) is 10.9. The number of hydrogen-bond donors (Lipinski definition) is 2. The second-order valence-corrected chi connectivity index (χ2v) is 13.2. The molecule has 2 amide bonds. The minimum absolute atomic E-state index is 0.191. The summed E-state index contributed by atoms with van der Waals surface area (Å²) in [6.45, 7) is 8.10. The molecule has 0 bridgehead atoms. The van der Waals surface area contributed by atoms with E-state index >= 15 is 0 Å². The zero-order chi connectivity index (χ0) is 28.0. The van der Waals surface area contributed by atoms with Crippen molar-refractivity contribution in [2.24, 2.45) is 10.4 Å². The average Bonchev–Trinajstić information content (AvgIpc) is 2.88. The quantitative estimate of drug-likeness (QED) is 0.413. The molecule has 0 spiro atoms. The Bertz CT molecular complexity index is 1480. The summed E-state index contributed by atoms with van der Waals surface area (Å²) in [5, 5.41) is 6.87. The van der Waals surface area contributed by atoms with Gasteiger partial charge in [-0.15, -0.1) is 0 Å². The highest BCUT2D eigenvalue weighted by atomic mass is 32.2. The molecule has 8 nitrogen and oxygen atoms in total. The first-order valence-corrected chi connectivity index (χ1v) is 15.0. The summed E-state index contributed by atoms with van der Waals surface area (Å²) in [6.07, 6.45) is 2.45. The molecule has 0 radical (unpaired) electrons. The first kappa shape index (κ1) is 28.4. The number of aliphatic imine (C=N–C) groups is 1. The third kappa shape index (κ3) is 8.21. The van der Waals surface area contributed by atoms with Gasteiger partial charge in [0.1, 0.15) is 5.82 Å². The number of urea groups is 1. The van der Waals surface area contributed by atoms with Crippen LogP contribution in [0, 0.1) is 5.41 Å². The van der Waals surface area contributed by atoms with Crippen LogP contribution in [-0.2, 0) is 22.8 Å². The number of carbonyl (C=O) groups excluding carboxylic acids is 1. The number of nitrogens with one attached hydrogen (secondary N) is 2. The molecule has 2 N–H and O–H groups in total. The molecule has 1 aromatic heterocycles. The van der Waals surface area contributed by atoms with Crippen LogP contribution in [0.25, 0.3) is 10.9 Å². The minimum Gasteiger partial charge on any atom is -0.311 e. The monoisotopic (exact) mass is 547 g/mol. The number of carbonyl (C=O) groups is 1. The highest BCUT2D eigenvalue weighted by Gasteiger charge is 2.21. The van der Waals surface area contributed by atoms with E-state index in [1.807, 2.05) is 48.5 Å². The molecular weight excluding hydrogens is 510 g/mol. The normalized spacial score (nSPS) is 16.7. The van der Waals surface area contributed by atoms with E-state index in [9.17, 15) is 13.2 Å². The lowest BCUT2D eigenvalue weighted by molar-refractivity contribution is 0.254. The zero-order valence-electron chi connectivity index (χ0n) is 23.1. The molecule has 206 valence electrons. The lowest BCUT2D eigenvalue weighted by Crippen LogP contribution is -2.39. The van der Waals surface area contributed by atoms with E-state index in [0.29, 0.717) is 31.9 Å². The summed E-state index contributed by atoms with van der Waals surface area (Å²) in [5.41, 5.74) is 4.38. The van der Waals surface area contributed by atoms with Gasteiger partial charge in [-0.1, -0.05) is 63.2 Å². The van der Waals surface area contributed by atoms with Crippen molar-refractivity contribution in [2.45, 2.75) is 33.7 Å². The van der Waals surface area contributed by atoms with Crippen molar-refractivity contribution in [3.8, 4) is 0 Å².